The van der Waals surface area contributed by atoms with Crippen molar-refractivity contribution in [3.05, 3.63) is 0 Å². The summed E-state index contributed by atoms with van der Waals surface area (Å²) in [5.74, 6) is 0.154. The zero-order chi connectivity index (χ0) is 9.40. The Bertz CT molecular complexity index is 139. The van der Waals surface area contributed by atoms with E-state index in [9.17, 15) is 0 Å². The van der Waals surface area contributed by atoms with Crippen LogP contribution in [0.4, 0.5) is 0 Å². The SMILES string of the molecule is CCC(O)CCNCC(N)=NO. The molecule has 5 nitrogen and oxygen atoms in total. The number of nitrogens with one attached hydrogen (secondary N) is 1. The molecule has 0 bridgehead atoms. The van der Waals surface area contributed by atoms with E-state index in [0.717, 1.165) is 6.42 Å². The number of oxime groups is 1. The van der Waals surface area contributed by atoms with Crippen LogP contribution in [0.1, 0.15) is 19.8 Å². The Morgan fingerprint density at radius 1 is 1.67 bits per heavy atom. The summed E-state index contributed by atoms with van der Waals surface area (Å²) in [6, 6.07) is 0. The number of hydrogen-bond donors (Lipinski definition) is 4. The number of amidine groups is 1. The second-order valence-electron chi connectivity index (χ2n) is 2.62. The van der Waals surface area contributed by atoms with E-state index < -0.39 is 0 Å². The van der Waals surface area contributed by atoms with Crippen LogP contribution in [0.3, 0.4) is 0 Å². The molecule has 0 heterocycles. The summed E-state index contributed by atoms with van der Waals surface area (Å²) in [4.78, 5) is 0. The van der Waals surface area contributed by atoms with E-state index in [1.807, 2.05) is 6.92 Å². The molecule has 0 rings (SSSR count). The molecule has 0 aromatic rings. The molecule has 0 aliphatic heterocycles. The highest BCUT2D eigenvalue weighted by atomic mass is 16.4. The molecule has 0 amide bonds. The van der Waals surface area contributed by atoms with Crippen molar-refractivity contribution in [2.75, 3.05) is 13.1 Å². The molecular formula is C7H17N3O2. The van der Waals surface area contributed by atoms with Gasteiger partial charge in [0.15, 0.2) is 5.84 Å². The van der Waals surface area contributed by atoms with Crippen LogP contribution >= 0.6 is 0 Å². The van der Waals surface area contributed by atoms with Crippen LogP contribution in [-0.4, -0.2) is 35.3 Å². The molecule has 0 fully saturated rings. The molecule has 12 heavy (non-hydrogen) atoms. The van der Waals surface area contributed by atoms with Gasteiger partial charge in [0.05, 0.1) is 12.6 Å². The number of aliphatic hydroxyl groups excluding tert-OH is 1. The summed E-state index contributed by atoms with van der Waals surface area (Å²) in [5.41, 5.74) is 5.20. The highest BCUT2D eigenvalue weighted by molar-refractivity contribution is 5.81. The molecule has 5 heteroatoms. The van der Waals surface area contributed by atoms with Gasteiger partial charge < -0.3 is 21.4 Å². The largest absolute Gasteiger partial charge is 0.409 e. The Balaban J connectivity index is 3.21. The third-order valence-electron chi connectivity index (χ3n) is 1.56. The summed E-state index contributed by atoms with van der Waals surface area (Å²) in [5, 5.41) is 23.0. The van der Waals surface area contributed by atoms with Crippen molar-refractivity contribution >= 4 is 5.84 Å². The summed E-state index contributed by atoms with van der Waals surface area (Å²) in [6.07, 6.45) is 1.19. The van der Waals surface area contributed by atoms with Crippen LogP contribution in [0.25, 0.3) is 0 Å². The lowest BCUT2D eigenvalue weighted by Gasteiger charge is -2.07. The zero-order valence-electron chi connectivity index (χ0n) is 7.32. The maximum absolute atomic E-state index is 9.13. The molecule has 0 aromatic carbocycles. The molecule has 1 unspecified atom stereocenters. The maximum atomic E-state index is 9.13. The van der Waals surface area contributed by atoms with Crippen LogP contribution in [-0.2, 0) is 0 Å². The Morgan fingerprint density at radius 2 is 2.33 bits per heavy atom. The van der Waals surface area contributed by atoms with E-state index in [-0.39, 0.29) is 11.9 Å². The first kappa shape index (κ1) is 11.2. The van der Waals surface area contributed by atoms with E-state index in [1.165, 1.54) is 0 Å². The molecule has 0 aliphatic rings. The Morgan fingerprint density at radius 3 is 2.83 bits per heavy atom. The first-order valence-corrected chi connectivity index (χ1v) is 4.05. The summed E-state index contributed by atoms with van der Waals surface area (Å²) in [6.45, 7) is 2.95. The van der Waals surface area contributed by atoms with Gasteiger partial charge in [0.25, 0.3) is 0 Å². The van der Waals surface area contributed by atoms with Crippen LogP contribution in [0.2, 0.25) is 0 Å². The first-order valence-electron chi connectivity index (χ1n) is 4.05. The standard InChI is InChI=1S/C7H17N3O2/c1-2-6(11)3-4-9-5-7(8)10-12/h6,9,11-12H,2-5H2,1H3,(H2,8,10). The lowest BCUT2D eigenvalue weighted by molar-refractivity contribution is 0.160. The quantitative estimate of drug-likeness (QED) is 0.144. The van der Waals surface area contributed by atoms with Gasteiger partial charge >= 0.3 is 0 Å². The average molecular weight is 175 g/mol. The minimum atomic E-state index is -0.259. The summed E-state index contributed by atoms with van der Waals surface area (Å²) in [7, 11) is 0. The average Bonchev–Trinajstić information content (AvgIpc) is 2.11. The van der Waals surface area contributed by atoms with Crippen LogP contribution in [0.15, 0.2) is 5.16 Å². The van der Waals surface area contributed by atoms with E-state index in [0.29, 0.717) is 19.5 Å². The normalized spacial score (nSPS) is 14.7. The highest BCUT2D eigenvalue weighted by Gasteiger charge is 1.99. The molecule has 0 saturated carbocycles. The van der Waals surface area contributed by atoms with Gasteiger partial charge in [0.2, 0.25) is 0 Å². The molecule has 0 spiro atoms. The van der Waals surface area contributed by atoms with Crippen LogP contribution in [0.5, 0.6) is 0 Å². The second kappa shape index (κ2) is 6.87. The van der Waals surface area contributed by atoms with Gasteiger partial charge in [-0.25, -0.2) is 0 Å². The fourth-order valence-electron chi connectivity index (χ4n) is 0.725. The predicted molar refractivity (Wildman–Crippen MR) is 47.2 cm³/mol. The van der Waals surface area contributed by atoms with Gasteiger partial charge in [-0.2, -0.15) is 0 Å². The van der Waals surface area contributed by atoms with Crippen LogP contribution < -0.4 is 11.1 Å². The Kier molecular flexibility index (Phi) is 6.41. The van der Waals surface area contributed by atoms with Crippen molar-refractivity contribution in [3.63, 3.8) is 0 Å². The Hall–Kier alpha value is -0.810. The highest BCUT2D eigenvalue weighted by Crippen LogP contribution is 1.93. The third-order valence-corrected chi connectivity index (χ3v) is 1.56. The van der Waals surface area contributed by atoms with E-state index >= 15 is 0 Å². The molecule has 0 saturated heterocycles. The number of aliphatic hydroxyl groups is 1. The number of rotatable bonds is 6. The molecule has 0 aromatic heterocycles. The van der Waals surface area contributed by atoms with Crippen molar-refractivity contribution in [3.8, 4) is 0 Å². The fourth-order valence-corrected chi connectivity index (χ4v) is 0.725. The minimum absolute atomic E-state index is 0.154. The van der Waals surface area contributed by atoms with Gasteiger partial charge in [-0.1, -0.05) is 12.1 Å². The van der Waals surface area contributed by atoms with Crippen molar-refractivity contribution < 1.29 is 10.3 Å². The van der Waals surface area contributed by atoms with E-state index in [4.69, 9.17) is 16.0 Å². The minimum Gasteiger partial charge on any atom is -0.409 e. The fraction of sp³-hybridized carbons (Fsp3) is 0.857. The zero-order valence-corrected chi connectivity index (χ0v) is 7.32. The molecule has 0 radical (unpaired) electrons. The van der Waals surface area contributed by atoms with Gasteiger partial charge in [-0.15, -0.1) is 0 Å². The Labute approximate surface area is 72.3 Å². The molecular weight excluding hydrogens is 158 g/mol. The predicted octanol–water partition coefficient (Wildman–Crippen LogP) is -0.517. The molecule has 5 N–H and O–H groups in total. The third kappa shape index (κ3) is 5.94. The van der Waals surface area contributed by atoms with Gasteiger partial charge in [0.1, 0.15) is 0 Å². The second-order valence-corrected chi connectivity index (χ2v) is 2.62. The van der Waals surface area contributed by atoms with E-state index in [2.05, 4.69) is 10.5 Å². The number of hydrogen-bond acceptors (Lipinski definition) is 4. The van der Waals surface area contributed by atoms with Gasteiger partial charge in [-0.3, -0.25) is 0 Å². The summed E-state index contributed by atoms with van der Waals surface area (Å²) >= 11 is 0. The summed E-state index contributed by atoms with van der Waals surface area (Å²) < 4.78 is 0. The van der Waals surface area contributed by atoms with Crippen LogP contribution in [0, 0.1) is 0 Å². The number of nitrogens with two attached hydrogens (primary N) is 1. The van der Waals surface area contributed by atoms with Gasteiger partial charge in [-0.05, 0) is 19.4 Å². The smallest absolute Gasteiger partial charge is 0.153 e. The molecule has 1 atom stereocenters. The van der Waals surface area contributed by atoms with Crippen molar-refractivity contribution in [1.82, 2.24) is 5.32 Å². The van der Waals surface area contributed by atoms with Crippen molar-refractivity contribution in [2.45, 2.75) is 25.9 Å². The molecule has 0 aliphatic carbocycles. The van der Waals surface area contributed by atoms with Gasteiger partial charge in [0, 0.05) is 0 Å². The monoisotopic (exact) mass is 175 g/mol. The number of nitrogens with zero attached hydrogens (tertiary/aromatic N) is 1. The van der Waals surface area contributed by atoms with E-state index in [1.54, 1.807) is 0 Å². The molecule has 72 valence electrons. The lowest BCUT2D eigenvalue weighted by atomic mass is 10.2. The lowest BCUT2D eigenvalue weighted by Crippen LogP contribution is -2.30. The topological polar surface area (TPSA) is 90.9 Å². The first-order chi connectivity index (χ1) is 5.70. The van der Waals surface area contributed by atoms with Crippen molar-refractivity contribution in [1.29, 1.82) is 0 Å². The van der Waals surface area contributed by atoms with Crippen molar-refractivity contribution in [2.24, 2.45) is 10.9 Å². The maximum Gasteiger partial charge on any atom is 0.153 e.